The molecule has 3 saturated heterocycles. The third-order valence-electron chi connectivity index (χ3n) is 5.92. The number of nitrogens with zero attached hydrogens (tertiary/aromatic N) is 3. The molecule has 3 fully saturated rings. The summed E-state index contributed by atoms with van der Waals surface area (Å²) in [6.45, 7) is 4.85. The molecule has 5 heteroatoms. The van der Waals surface area contributed by atoms with Gasteiger partial charge >= 0.3 is 6.03 Å². The van der Waals surface area contributed by atoms with E-state index in [-0.39, 0.29) is 24.0 Å². The molecule has 4 rings (SSSR count). The van der Waals surface area contributed by atoms with Crippen molar-refractivity contribution in [1.29, 1.82) is 0 Å². The number of carbonyl (C=O) groups is 2. The molecule has 0 unspecified atom stereocenters. The molecule has 0 aliphatic carbocycles. The Morgan fingerprint density at radius 2 is 1.71 bits per heavy atom. The Labute approximate surface area is 143 Å². The predicted octanol–water partition coefficient (Wildman–Crippen LogP) is 2.64. The Morgan fingerprint density at radius 3 is 2.38 bits per heavy atom. The van der Waals surface area contributed by atoms with Gasteiger partial charge in [0.25, 0.3) is 5.91 Å². The molecule has 0 spiro atoms. The van der Waals surface area contributed by atoms with E-state index in [1.54, 1.807) is 9.80 Å². The smallest absolute Gasteiger partial charge is 0.312 e. The molecule has 0 saturated carbocycles. The fourth-order valence-electron chi connectivity index (χ4n) is 4.46. The highest BCUT2D eigenvalue weighted by Crippen LogP contribution is 2.32. The Balaban J connectivity index is 1.40. The molecule has 24 heavy (non-hydrogen) atoms. The molecule has 3 amide bonds. The summed E-state index contributed by atoms with van der Waals surface area (Å²) in [4.78, 5) is 30.9. The SMILES string of the molecule is C[C@H](c1ccccc1)N1CCC(N2C(=O)[C@H]3CCCN3C2=O)CC1. The van der Waals surface area contributed by atoms with E-state index in [1.165, 1.54) is 5.56 Å². The van der Waals surface area contributed by atoms with Crippen LogP contribution in [-0.2, 0) is 4.79 Å². The highest BCUT2D eigenvalue weighted by Gasteiger charge is 2.50. The van der Waals surface area contributed by atoms with Gasteiger partial charge < -0.3 is 4.90 Å². The van der Waals surface area contributed by atoms with Crippen LogP contribution in [-0.4, -0.2) is 58.4 Å². The monoisotopic (exact) mass is 327 g/mol. The number of amides is 3. The number of imide groups is 1. The molecular formula is C19H25N3O2. The molecule has 0 radical (unpaired) electrons. The van der Waals surface area contributed by atoms with Gasteiger partial charge in [-0.2, -0.15) is 0 Å². The summed E-state index contributed by atoms with van der Waals surface area (Å²) >= 11 is 0. The van der Waals surface area contributed by atoms with Gasteiger partial charge in [-0.05, 0) is 38.2 Å². The predicted molar refractivity (Wildman–Crippen MR) is 91.4 cm³/mol. The highest BCUT2D eigenvalue weighted by atomic mass is 16.2. The van der Waals surface area contributed by atoms with Gasteiger partial charge in [-0.1, -0.05) is 30.3 Å². The quantitative estimate of drug-likeness (QED) is 0.802. The minimum Gasteiger partial charge on any atom is -0.312 e. The summed E-state index contributed by atoms with van der Waals surface area (Å²) in [6, 6.07) is 10.8. The van der Waals surface area contributed by atoms with Crippen LogP contribution in [0.3, 0.4) is 0 Å². The number of likely N-dealkylation sites (tertiary alicyclic amines) is 1. The number of piperidine rings is 1. The van der Waals surface area contributed by atoms with Gasteiger partial charge in [0.05, 0.1) is 0 Å². The molecule has 3 aliphatic rings. The van der Waals surface area contributed by atoms with Crippen molar-refractivity contribution in [3.8, 4) is 0 Å². The van der Waals surface area contributed by atoms with Crippen LogP contribution in [0.15, 0.2) is 30.3 Å². The average molecular weight is 327 g/mol. The highest BCUT2D eigenvalue weighted by molar-refractivity contribution is 6.04. The largest absolute Gasteiger partial charge is 0.327 e. The summed E-state index contributed by atoms with van der Waals surface area (Å²) in [5, 5.41) is 0. The van der Waals surface area contributed by atoms with Crippen LogP contribution in [0.25, 0.3) is 0 Å². The summed E-state index contributed by atoms with van der Waals surface area (Å²) < 4.78 is 0. The number of benzene rings is 1. The Hall–Kier alpha value is -1.88. The van der Waals surface area contributed by atoms with E-state index in [9.17, 15) is 9.59 Å². The number of carbonyl (C=O) groups excluding carboxylic acids is 2. The van der Waals surface area contributed by atoms with Gasteiger partial charge in [0, 0.05) is 31.7 Å². The van der Waals surface area contributed by atoms with E-state index in [0.717, 1.165) is 45.3 Å². The first-order valence-corrected chi connectivity index (χ1v) is 9.09. The first-order chi connectivity index (χ1) is 11.7. The Morgan fingerprint density at radius 1 is 1.00 bits per heavy atom. The number of fused-ring (bicyclic) bond motifs is 1. The normalized spacial score (nSPS) is 27.0. The van der Waals surface area contributed by atoms with E-state index < -0.39 is 0 Å². The molecule has 3 heterocycles. The second-order valence-electron chi connectivity index (χ2n) is 7.20. The maximum Gasteiger partial charge on any atom is 0.327 e. The van der Waals surface area contributed by atoms with Gasteiger partial charge in [-0.3, -0.25) is 14.6 Å². The zero-order chi connectivity index (χ0) is 16.7. The lowest BCUT2D eigenvalue weighted by Crippen LogP contribution is -2.48. The van der Waals surface area contributed by atoms with Crippen LogP contribution in [0.1, 0.15) is 44.2 Å². The van der Waals surface area contributed by atoms with E-state index in [4.69, 9.17) is 0 Å². The number of rotatable bonds is 3. The molecule has 3 aliphatic heterocycles. The third-order valence-corrected chi connectivity index (χ3v) is 5.92. The molecule has 1 aromatic rings. The second kappa shape index (κ2) is 6.20. The van der Waals surface area contributed by atoms with Crippen LogP contribution >= 0.6 is 0 Å². The van der Waals surface area contributed by atoms with Crippen LogP contribution in [0, 0.1) is 0 Å². The van der Waals surface area contributed by atoms with Gasteiger partial charge in [0.15, 0.2) is 0 Å². The van der Waals surface area contributed by atoms with Crippen molar-refractivity contribution in [2.24, 2.45) is 0 Å². The van der Waals surface area contributed by atoms with Crippen molar-refractivity contribution in [2.75, 3.05) is 19.6 Å². The van der Waals surface area contributed by atoms with Gasteiger partial charge in [-0.15, -0.1) is 0 Å². The van der Waals surface area contributed by atoms with Crippen LogP contribution in [0.2, 0.25) is 0 Å². The molecule has 2 atom stereocenters. The van der Waals surface area contributed by atoms with E-state index >= 15 is 0 Å². The zero-order valence-corrected chi connectivity index (χ0v) is 14.2. The second-order valence-corrected chi connectivity index (χ2v) is 7.20. The molecule has 0 N–H and O–H groups in total. The van der Waals surface area contributed by atoms with E-state index in [2.05, 4.69) is 36.1 Å². The van der Waals surface area contributed by atoms with Gasteiger partial charge in [0.1, 0.15) is 6.04 Å². The molecular weight excluding hydrogens is 302 g/mol. The van der Waals surface area contributed by atoms with Crippen molar-refractivity contribution in [2.45, 2.75) is 50.7 Å². The molecule has 1 aromatic carbocycles. The average Bonchev–Trinajstić information content (AvgIpc) is 3.20. The zero-order valence-electron chi connectivity index (χ0n) is 14.2. The number of hydrogen-bond donors (Lipinski definition) is 0. The Bertz CT molecular complexity index is 603. The molecule has 5 nitrogen and oxygen atoms in total. The number of hydrogen-bond acceptors (Lipinski definition) is 3. The minimum atomic E-state index is -0.168. The van der Waals surface area contributed by atoms with Crippen molar-refractivity contribution in [3.05, 3.63) is 35.9 Å². The van der Waals surface area contributed by atoms with Crippen molar-refractivity contribution in [3.63, 3.8) is 0 Å². The van der Waals surface area contributed by atoms with Crippen molar-refractivity contribution in [1.82, 2.24) is 14.7 Å². The van der Waals surface area contributed by atoms with Crippen LogP contribution in [0.5, 0.6) is 0 Å². The summed E-state index contributed by atoms with van der Waals surface area (Å²) in [6.07, 6.45) is 3.57. The Kier molecular flexibility index (Phi) is 4.04. The summed E-state index contributed by atoms with van der Waals surface area (Å²) in [7, 11) is 0. The van der Waals surface area contributed by atoms with E-state index in [1.807, 2.05) is 6.07 Å². The third kappa shape index (κ3) is 2.51. The maximum atomic E-state index is 12.6. The number of urea groups is 1. The summed E-state index contributed by atoms with van der Waals surface area (Å²) in [5.74, 6) is 0.0482. The first kappa shape index (κ1) is 15.6. The minimum absolute atomic E-state index is 0.0444. The summed E-state index contributed by atoms with van der Waals surface area (Å²) in [5.41, 5.74) is 1.32. The topological polar surface area (TPSA) is 43.9 Å². The standard InChI is InChI=1S/C19H25N3O2/c1-14(15-6-3-2-4-7-15)20-12-9-16(10-13-20)22-18(23)17-8-5-11-21(17)19(22)24/h2-4,6-7,14,16-17H,5,8-13H2,1H3/t14-,17-/m1/s1. The maximum absolute atomic E-state index is 12.6. The van der Waals surface area contributed by atoms with Gasteiger partial charge in [-0.25, -0.2) is 4.79 Å². The lowest BCUT2D eigenvalue weighted by molar-refractivity contribution is -0.130. The first-order valence-electron chi connectivity index (χ1n) is 9.09. The van der Waals surface area contributed by atoms with Crippen LogP contribution in [0.4, 0.5) is 4.79 Å². The van der Waals surface area contributed by atoms with Crippen molar-refractivity contribution >= 4 is 11.9 Å². The fraction of sp³-hybridized carbons (Fsp3) is 0.579. The van der Waals surface area contributed by atoms with E-state index in [0.29, 0.717) is 6.04 Å². The lowest BCUT2D eigenvalue weighted by Gasteiger charge is -2.38. The van der Waals surface area contributed by atoms with Crippen molar-refractivity contribution < 1.29 is 9.59 Å². The molecule has 128 valence electrons. The van der Waals surface area contributed by atoms with Gasteiger partial charge in [0.2, 0.25) is 0 Å². The van der Waals surface area contributed by atoms with Crippen LogP contribution < -0.4 is 0 Å². The molecule has 0 bridgehead atoms. The lowest BCUT2D eigenvalue weighted by atomic mass is 9.99. The fourth-order valence-corrected chi connectivity index (χ4v) is 4.46. The molecule has 0 aromatic heterocycles.